The van der Waals surface area contributed by atoms with E-state index in [1.165, 1.54) is 11.0 Å². The highest BCUT2D eigenvalue weighted by Crippen LogP contribution is 2.41. The topological polar surface area (TPSA) is 72.9 Å². The lowest BCUT2D eigenvalue weighted by molar-refractivity contribution is -0.139. The molecule has 1 amide bonds. The number of sulfone groups is 1. The van der Waals surface area contributed by atoms with E-state index in [1.54, 1.807) is 34.6 Å². The summed E-state index contributed by atoms with van der Waals surface area (Å²) in [6.45, 7) is 16.6. The number of amides is 1. The predicted molar refractivity (Wildman–Crippen MR) is 134 cm³/mol. The molecule has 1 aromatic carbocycles. The summed E-state index contributed by atoms with van der Waals surface area (Å²) < 4.78 is 79.8. The number of benzene rings is 1. The third-order valence-electron chi connectivity index (χ3n) is 6.65. The van der Waals surface area contributed by atoms with E-state index in [-0.39, 0.29) is 27.8 Å². The van der Waals surface area contributed by atoms with Gasteiger partial charge < -0.3 is 14.1 Å². The molecule has 36 heavy (non-hydrogen) atoms. The van der Waals surface area contributed by atoms with Gasteiger partial charge >= 0.3 is 12.3 Å². The van der Waals surface area contributed by atoms with Crippen molar-refractivity contribution in [2.45, 2.75) is 107 Å². The van der Waals surface area contributed by atoms with Crippen LogP contribution in [0.2, 0.25) is 5.04 Å². The highest BCUT2D eigenvalue weighted by atomic mass is 32.2. The van der Waals surface area contributed by atoms with Crippen LogP contribution < -0.4 is 0 Å². The van der Waals surface area contributed by atoms with Crippen molar-refractivity contribution in [3.8, 4) is 0 Å². The molecule has 2 radical (unpaired) electrons. The lowest BCUT2D eigenvalue weighted by Crippen LogP contribution is -2.52. The largest absolute Gasteiger partial charge is 0.444 e. The first-order valence-corrected chi connectivity index (χ1v) is 14.4. The van der Waals surface area contributed by atoms with Gasteiger partial charge in [0.2, 0.25) is 9.76 Å². The Morgan fingerprint density at radius 2 is 1.61 bits per heavy atom. The van der Waals surface area contributed by atoms with Crippen LogP contribution in [0.4, 0.5) is 18.0 Å². The minimum Gasteiger partial charge on any atom is -0.444 e. The fraction of sp³-hybridized carbons (Fsp3) is 0.720. The lowest BCUT2D eigenvalue weighted by Gasteiger charge is -2.40. The molecule has 0 N–H and O–H groups in total. The maximum absolute atomic E-state index is 13.6. The SMILES string of the molecule is CC(C)C(C)(C)[Si]OC(C)(C)[C@H]1C[C@H](S(=O)(=O)c2ccccc2C(F)(F)F)CN1C(=O)OC(C)(C)C. The zero-order chi connectivity index (χ0) is 27.9. The van der Waals surface area contributed by atoms with Crippen molar-refractivity contribution in [2.24, 2.45) is 5.92 Å². The summed E-state index contributed by atoms with van der Waals surface area (Å²) in [6.07, 6.45) is -5.64. The molecular weight excluding hydrogens is 511 g/mol. The number of rotatable bonds is 7. The average Bonchev–Trinajstić information content (AvgIpc) is 3.18. The minimum atomic E-state index is -4.83. The number of alkyl halides is 3. The van der Waals surface area contributed by atoms with Crippen molar-refractivity contribution >= 4 is 25.7 Å². The zero-order valence-electron chi connectivity index (χ0n) is 22.5. The van der Waals surface area contributed by atoms with E-state index in [9.17, 15) is 26.4 Å². The molecule has 0 aromatic heterocycles. The average molecular weight is 550 g/mol. The molecule has 2 atom stereocenters. The molecule has 1 heterocycles. The summed E-state index contributed by atoms with van der Waals surface area (Å²) in [5.74, 6) is 0.309. The third kappa shape index (κ3) is 7.04. The molecule has 0 saturated carbocycles. The Labute approximate surface area is 215 Å². The van der Waals surface area contributed by atoms with Gasteiger partial charge in [0, 0.05) is 6.54 Å². The maximum Gasteiger partial charge on any atom is 0.417 e. The molecular formula is C25H38F3NO5SSi. The predicted octanol–water partition coefficient (Wildman–Crippen LogP) is 6.13. The summed E-state index contributed by atoms with van der Waals surface area (Å²) >= 11 is 0. The van der Waals surface area contributed by atoms with E-state index in [2.05, 4.69) is 27.7 Å². The minimum absolute atomic E-state index is 0.0553. The molecule has 0 aliphatic carbocycles. The molecule has 1 aromatic rings. The molecule has 1 saturated heterocycles. The van der Waals surface area contributed by atoms with E-state index in [4.69, 9.17) is 9.16 Å². The molecule has 6 nitrogen and oxygen atoms in total. The van der Waals surface area contributed by atoms with Crippen molar-refractivity contribution in [1.29, 1.82) is 0 Å². The van der Waals surface area contributed by atoms with Gasteiger partial charge in [-0.15, -0.1) is 0 Å². The van der Waals surface area contributed by atoms with Gasteiger partial charge in [-0.05, 0) is 64.1 Å². The molecule has 204 valence electrons. The standard InChI is InChI=1S/C25H38F3NO5SSi/c1-16(2)24(8,9)36-34-23(6,7)20-14-17(15-29(20)21(30)33-22(3,4)5)35(31,32)19-13-11-10-12-18(19)25(26,27)28/h10-13,16-17,20H,14-15H2,1-9H3/t17-,20+/m0/s1. The second-order valence-electron chi connectivity index (χ2n) is 11.7. The summed E-state index contributed by atoms with van der Waals surface area (Å²) in [5, 5.41) is -1.41. The molecule has 0 bridgehead atoms. The van der Waals surface area contributed by atoms with Gasteiger partial charge in [0.15, 0.2) is 9.84 Å². The van der Waals surface area contributed by atoms with Crippen LogP contribution in [0.25, 0.3) is 0 Å². The van der Waals surface area contributed by atoms with Crippen LogP contribution in [-0.4, -0.2) is 58.2 Å². The van der Waals surface area contributed by atoms with Crippen molar-refractivity contribution < 1.29 is 35.5 Å². The zero-order valence-corrected chi connectivity index (χ0v) is 24.3. The van der Waals surface area contributed by atoms with Gasteiger partial charge in [-0.25, -0.2) is 13.2 Å². The van der Waals surface area contributed by atoms with Gasteiger partial charge in [-0.2, -0.15) is 13.2 Å². The lowest BCUT2D eigenvalue weighted by atomic mass is 9.97. The fourth-order valence-corrected chi connectivity index (χ4v) is 6.59. The van der Waals surface area contributed by atoms with Crippen LogP contribution in [0.3, 0.4) is 0 Å². The summed E-state index contributed by atoms with van der Waals surface area (Å²) in [5.41, 5.74) is -3.03. The van der Waals surface area contributed by atoms with E-state index in [0.29, 0.717) is 5.92 Å². The number of hydrogen-bond acceptors (Lipinski definition) is 5. The van der Waals surface area contributed by atoms with Gasteiger partial charge in [0.1, 0.15) is 5.60 Å². The van der Waals surface area contributed by atoms with Gasteiger partial charge in [0.25, 0.3) is 0 Å². The Kier molecular flexibility index (Phi) is 8.75. The van der Waals surface area contributed by atoms with Crippen molar-refractivity contribution in [3.63, 3.8) is 0 Å². The summed E-state index contributed by atoms with van der Waals surface area (Å²) in [7, 11) is -4.38. The monoisotopic (exact) mass is 549 g/mol. The van der Waals surface area contributed by atoms with Crippen LogP contribution in [-0.2, 0) is 25.2 Å². The van der Waals surface area contributed by atoms with E-state index in [0.717, 1.165) is 18.2 Å². The molecule has 0 unspecified atom stereocenters. The highest BCUT2D eigenvalue weighted by molar-refractivity contribution is 7.92. The van der Waals surface area contributed by atoms with Crippen LogP contribution in [0.15, 0.2) is 29.2 Å². The highest BCUT2D eigenvalue weighted by Gasteiger charge is 2.51. The molecule has 1 aliphatic rings. The summed E-state index contributed by atoms with van der Waals surface area (Å²) in [6, 6.07) is 3.42. The first-order chi connectivity index (χ1) is 16.1. The van der Waals surface area contributed by atoms with E-state index in [1.807, 2.05) is 0 Å². The molecule has 2 rings (SSSR count). The van der Waals surface area contributed by atoms with Crippen LogP contribution in [0, 0.1) is 5.92 Å². The molecule has 0 spiro atoms. The number of hydrogen-bond donors (Lipinski definition) is 0. The fourth-order valence-electron chi connectivity index (χ4n) is 3.78. The summed E-state index contributed by atoms with van der Waals surface area (Å²) in [4.78, 5) is 13.7. The smallest absolute Gasteiger partial charge is 0.417 e. The number of halogens is 3. The number of likely N-dealkylation sites (tertiary alicyclic amines) is 1. The molecule has 11 heteroatoms. The Hall–Kier alpha value is -1.59. The second-order valence-corrected chi connectivity index (χ2v) is 15.6. The quantitative estimate of drug-likeness (QED) is 0.383. The number of carbonyl (C=O) groups excluding carboxylic acids is 1. The van der Waals surface area contributed by atoms with E-state index >= 15 is 0 Å². The maximum atomic E-state index is 13.6. The van der Waals surface area contributed by atoms with Gasteiger partial charge in [-0.3, -0.25) is 0 Å². The number of nitrogens with zero attached hydrogens (tertiary/aromatic N) is 1. The molecule has 1 fully saturated rings. The Balaban J connectivity index is 2.47. The normalized spacial score (nSPS) is 20.2. The van der Waals surface area contributed by atoms with E-state index < -0.39 is 55.1 Å². The van der Waals surface area contributed by atoms with Crippen molar-refractivity contribution in [3.05, 3.63) is 29.8 Å². The Morgan fingerprint density at radius 3 is 2.11 bits per heavy atom. The first kappa shape index (κ1) is 30.6. The number of carbonyl (C=O) groups is 1. The third-order valence-corrected chi connectivity index (χ3v) is 10.6. The van der Waals surface area contributed by atoms with Crippen LogP contribution in [0.1, 0.15) is 74.3 Å². The van der Waals surface area contributed by atoms with Crippen LogP contribution in [0.5, 0.6) is 0 Å². The number of ether oxygens (including phenoxy) is 1. The first-order valence-electron chi connectivity index (χ1n) is 11.9. The van der Waals surface area contributed by atoms with Gasteiger partial charge in [-0.1, -0.05) is 39.8 Å². The Morgan fingerprint density at radius 1 is 1.06 bits per heavy atom. The Bertz CT molecular complexity index is 1050. The second kappa shape index (κ2) is 10.3. The van der Waals surface area contributed by atoms with Crippen molar-refractivity contribution in [1.82, 2.24) is 4.90 Å². The molecule has 1 aliphatic heterocycles. The van der Waals surface area contributed by atoms with Gasteiger partial charge in [0.05, 0.1) is 27.4 Å². The van der Waals surface area contributed by atoms with Crippen molar-refractivity contribution in [2.75, 3.05) is 6.54 Å². The van der Waals surface area contributed by atoms with Crippen LogP contribution >= 0.6 is 0 Å².